The number of nitrogens with one attached hydrogen (secondary N) is 1. The minimum atomic E-state index is -0.636. The van der Waals surface area contributed by atoms with Gasteiger partial charge in [0, 0.05) is 6.20 Å². The van der Waals surface area contributed by atoms with Crippen molar-refractivity contribution in [1.29, 1.82) is 0 Å². The van der Waals surface area contributed by atoms with Crippen LogP contribution in [0, 0.1) is 0 Å². The van der Waals surface area contributed by atoms with Crippen molar-refractivity contribution in [3.63, 3.8) is 0 Å². The summed E-state index contributed by atoms with van der Waals surface area (Å²) in [6.45, 7) is 5.93. The van der Waals surface area contributed by atoms with Crippen LogP contribution in [0.2, 0.25) is 0 Å². The molecule has 1 fully saturated rings. The Morgan fingerprint density at radius 3 is 2.43 bits per heavy atom. The smallest absolute Gasteiger partial charge is 0.416 e. The molecule has 6 heteroatoms. The third kappa shape index (κ3) is 4.13. The number of cyclic esters (lactones) is 1. The first-order valence-electron chi connectivity index (χ1n) is 10.1. The van der Waals surface area contributed by atoms with E-state index in [-0.39, 0.29) is 18.2 Å². The van der Waals surface area contributed by atoms with Gasteiger partial charge >= 0.3 is 6.09 Å². The molecule has 0 radical (unpaired) electrons. The van der Waals surface area contributed by atoms with E-state index in [0.29, 0.717) is 18.2 Å². The summed E-state index contributed by atoms with van der Waals surface area (Å²) < 4.78 is 5.70. The molecule has 6 nitrogen and oxygen atoms in total. The first-order valence-corrected chi connectivity index (χ1v) is 10.1. The second-order valence-corrected chi connectivity index (χ2v) is 8.06. The van der Waals surface area contributed by atoms with Crippen molar-refractivity contribution in [2.24, 2.45) is 0 Å². The summed E-state index contributed by atoms with van der Waals surface area (Å²) >= 11 is 0. The number of hydrogen-bond acceptors (Lipinski definition) is 5. The summed E-state index contributed by atoms with van der Waals surface area (Å²) in [6.07, 6.45) is 1.95. The fourth-order valence-electron chi connectivity index (χ4n) is 3.78. The Kier molecular flexibility index (Phi) is 5.40. The first-order chi connectivity index (χ1) is 14.4. The van der Waals surface area contributed by atoms with E-state index in [4.69, 9.17) is 4.74 Å². The maximum absolute atomic E-state index is 12.8. The average Bonchev–Trinajstić information content (AvgIpc) is 2.97. The molecule has 1 aromatic heterocycles. The predicted octanol–water partition coefficient (Wildman–Crippen LogP) is 5.00. The van der Waals surface area contributed by atoms with Crippen molar-refractivity contribution in [3.8, 4) is 0 Å². The second kappa shape index (κ2) is 8.14. The Morgan fingerprint density at radius 2 is 1.73 bits per heavy atom. The molecule has 1 saturated heterocycles. The molecule has 4 rings (SSSR count). The third-order valence-electron chi connectivity index (χ3n) is 5.47. The van der Waals surface area contributed by atoms with E-state index in [9.17, 15) is 4.79 Å². The number of hydrogen-bond donors (Lipinski definition) is 1. The molecule has 0 spiro atoms. The highest BCUT2D eigenvalue weighted by molar-refractivity contribution is 5.90. The van der Waals surface area contributed by atoms with Crippen molar-refractivity contribution in [1.82, 2.24) is 9.97 Å². The van der Waals surface area contributed by atoms with E-state index < -0.39 is 5.60 Å². The van der Waals surface area contributed by atoms with Crippen molar-refractivity contribution in [2.75, 3.05) is 10.2 Å². The molecule has 1 aliphatic heterocycles. The first kappa shape index (κ1) is 19.9. The normalized spacial score (nSPS) is 18.7. The van der Waals surface area contributed by atoms with Crippen molar-refractivity contribution in [3.05, 3.63) is 84.1 Å². The van der Waals surface area contributed by atoms with Crippen LogP contribution in [0.15, 0.2) is 72.9 Å². The molecular weight excluding hydrogens is 376 g/mol. The van der Waals surface area contributed by atoms with E-state index in [0.717, 1.165) is 11.1 Å². The minimum Gasteiger partial charge on any atom is -0.441 e. The molecule has 0 bridgehead atoms. The molecule has 1 amide bonds. The van der Waals surface area contributed by atoms with Crippen LogP contribution >= 0.6 is 0 Å². The number of nitrogens with zero attached hydrogens (tertiary/aromatic N) is 3. The largest absolute Gasteiger partial charge is 0.441 e. The van der Waals surface area contributed by atoms with Crippen molar-refractivity contribution < 1.29 is 9.53 Å². The summed E-state index contributed by atoms with van der Waals surface area (Å²) in [7, 11) is 0. The molecule has 2 aromatic carbocycles. The number of carbonyl (C=O) groups excluding carboxylic acids is 1. The molecule has 2 heterocycles. The third-order valence-corrected chi connectivity index (χ3v) is 5.47. The number of ether oxygens (including phenoxy) is 1. The van der Waals surface area contributed by atoms with Crippen LogP contribution < -0.4 is 10.2 Å². The van der Waals surface area contributed by atoms with Gasteiger partial charge < -0.3 is 10.1 Å². The average molecular weight is 402 g/mol. The topological polar surface area (TPSA) is 67.4 Å². The molecule has 1 aliphatic rings. The minimum absolute atomic E-state index is 0.0311. The summed E-state index contributed by atoms with van der Waals surface area (Å²) in [5.41, 5.74) is 1.64. The van der Waals surface area contributed by atoms with Gasteiger partial charge in [-0.2, -0.15) is 4.98 Å². The van der Waals surface area contributed by atoms with Gasteiger partial charge in [-0.3, -0.25) is 4.90 Å². The maximum Gasteiger partial charge on any atom is 0.416 e. The predicted molar refractivity (Wildman–Crippen MR) is 117 cm³/mol. The molecule has 30 heavy (non-hydrogen) atoms. The van der Waals surface area contributed by atoms with Crippen LogP contribution in [-0.2, 0) is 11.2 Å². The zero-order valence-electron chi connectivity index (χ0n) is 17.4. The van der Waals surface area contributed by atoms with E-state index >= 15 is 0 Å². The Balaban J connectivity index is 1.60. The summed E-state index contributed by atoms with van der Waals surface area (Å²) in [5.74, 6) is 1.00. The van der Waals surface area contributed by atoms with Crippen LogP contribution in [0.4, 0.5) is 16.6 Å². The van der Waals surface area contributed by atoms with Gasteiger partial charge in [0.05, 0.1) is 12.1 Å². The molecule has 154 valence electrons. The van der Waals surface area contributed by atoms with Crippen LogP contribution in [0.1, 0.15) is 37.9 Å². The number of aromatic nitrogens is 2. The molecule has 2 atom stereocenters. The van der Waals surface area contributed by atoms with E-state index in [1.807, 2.05) is 50.2 Å². The van der Waals surface area contributed by atoms with E-state index in [1.54, 1.807) is 17.2 Å². The van der Waals surface area contributed by atoms with E-state index in [1.165, 1.54) is 0 Å². The monoisotopic (exact) mass is 402 g/mol. The summed E-state index contributed by atoms with van der Waals surface area (Å²) in [5, 5.41) is 3.32. The Morgan fingerprint density at radius 1 is 1.07 bits per heavy atom. The standard InChI is InChI=1S/C24H26N4O2/c1-17(19-12-8-5-9-13-19)26-22-25-15-14-21(27-22)28-20(24(2,3)30-23(28)29)16-18-10-6-4-7-11-18/h4-15,17,20H,16H2,1-3H3,(H,25,26,27). The van der Waals surface area contributed by atoms with Gasteiger partial charge in [-0.1, -0.05) is 60.7 Å². The van der Waals surface area contributed by atoms with Gasteiger partial charge in [0.25, 0.3) is 0 Å². The number of carbonyl (C=O) groups is 1. The zero-order chi connectivity index (χ0) is 21.1. The lowest BCUT2D eigenvalue weighted by atomic mass is 9.92. The number of amides is 1. The number of anilines is 2. The van der Waals surface area contributed by atoms with Gasteiger partial charge in [-0.25, -0.2) is 9.78 Å². The van der Waals surface area contributed by atoms with Crippen molar-refractivity contribution in [2.45, 2.75) is 44.9 Å². The lowest BCUT2D eigenvalue weighted by Gasteiger charge is -2.28. The van der Waals surface area contributed by atoms with Crippen molar-refractivity contribution >= 4 is 17.9 Å². The van der Waals surface area contributed by atoms with E-state index in [2.05, 4.69) is 46.5 Å². The van der Waals surface area contributed by atoms with Crippen LogP contribution in [-0.4, -0.2) is 27.7 Å². The fraction of sp³-hybridized carbons (Fsp3) is 0.292. The SMILES string of the molecule is CC(Nc1nccc(N2C(=O)OC(C)(C)C2Cc2ccccc2)n1)c1ccccc1. The molecule has 3 aromatic rings. The van der Waals surface area contributed by atoms with Gasteiger partial charge in [-0.05, 0) is 44.4 Å². The fourth-order valence-corrected chi connectivity index (χ4v) is 3.78. The summed E-state index contributed by atoms with van der Waals surface area (Å²) in [6, 6.07) is 21.8. The summed E-state index contributed by atoms with van der Waals surface area (Å²) in [4.78, 5) is 23.4. The Hall–Kier alpha value is -3.41. The molecular formula is C24H26N4O2. The lowest BCUT2D eigenvalue weighted by Crippen LogP contribution is -2.43. The molecule has 1 N–H and O–H groups in total. The Bertz CT molecular complexity index is 1010. The highest BCUT2D eigenvalue weighted by atomic mass is 16.6. The molecule has 0 saturated carbocycles. The van der Waals surface area contributed by atoms with Gasteiger partial charge in [0.1, 0.15) is 11.4 Å². The maximum atomic E-state index is 12.8. The van der Waals surface area contributed by atoms with Gasteiger partial charge in [0.2, 0.25) is 5.95 Å². The molecule has 2 unspecified atom stereocenters. The zero-order valence-corrected chi connectivity index (χ0v) is 17.4. The van der Waals surface area contributed by atoms with Gasteiger partial charge in [0.15, 0.2) is 0 Å². The highest BCUT2D eigenvalue weighted by Crippen LogP contribution is 2.35. The Labute approximate surface area is 176 Å². The van der Waals surface area contributed by atoms with Crippen LogP contribution in [0.25, 0.3) is 0 Å². The van der Waals surface area contributed by atoms with Gasteiger partial charge in [-0.15, -0.1) is 0 Å². The quantitative estimate of drug-likeness (QED) is 0.629. The molecule has 0 aliphatic carbocycles. The second-order valence-electron chi connectivity index (χ2n) is 8.06. The van der Waals surface area contributed by atoms with Crippen LogP contribution in [0.5, 0.6) is 0 Å². The van der Waals surface area contributed by atoms with Crippen LogP contribution in [0.3, 0.4) is 0 Å². The number of benzene rings is 2. The lowest BCUT2D eigenvalue weighted by molar-refractivity contribution is 0.0686. The number of rotatable bonds is 6. The highest BCUT2D eigenvalue weighted by Gasteiger charge is 2.48.